The number of ether oxygens (including phenoxy) is 1. The molecule has 3 N–H and O–H groups in total. The molecule has 1 amide bonds. The molecule has 0 saturated carbocycles. The summed E-state index contributed by atoms with van der Waals surface area (Å²) < 4.78 is 18.6. The van der Waals surface area contributed by atoms with Gasteiger partial charge in [0, 0.05) is 11.4 Å². The van der Waals surface area contributed by atoms with Crippen LogP contribution in [0, 0.1) is 5.82 Å². The van der Waals surface area contributed by atoms with Gasteiger partial charge >= 0.3 is 0 Å². The molecule has 0 fully saturated rings. The molecule has 2 aromatic rings. The lowest BCUT2D eigenvalue weighted by atomic mass is 10.1. The number of amides is 1. The predicted molar refractivity (Wildman–Crippen MR) is 76.8 cm³/mol. The number of methoxy groups -OCH3 is 1. The Kier molecular flexibility index (Phi) is 4.10. The van der Waals surface area contributed by atoms with E-state index in [4.69, 9.17) is 22.1 Å². The average Bonchev–Trinajstić information content (AvgIpc) is 2.38. The SMILES string of the molecule is COc1ccc(NC(=O)c2ccc(N)cc2F)cc1Cl. The van der Waals surface area contributed by atoms with Crippen LogP contribution < -0.4 is 15.8 Å². The number of nitrogens with two attached hydrogens (primary N) is 1. The van der Waals surface area contributed by atoms with Crippen molar-refractivity contribution in [3.05, 3.63) is 52.8 Å². The maximum Gasteiger partial charge on any atom is 0.258 e. The molecule has 104 valence electrons. The van der Waals surface area contributed by atoms with Crippen LogP contribution in [0.3, 0.4) is 0 Å². The molecule has 0 unspecified atom stereocenters. The number of carbonyl (C=O) groups excluding carboxylic acids is 1. The summed E-state index contributed by atoms with van der Waals surface area (Å²) in [6.45, 7) is 0. The molecule has 20 heavy (non-hydrogen) atoms. The highest BCUT2D eigenvalue weighted by Gasteiger charge is 2.12. The molecule has 0 aromatic heterocycles. The lowest BCUT2D eigenvalue weighted by molar-refractivity contribution is 0.102. The zero-order valence-corrected chi connectivity index (χ0v) is 11.4. The van der Waals surface area contributed by atoms with E-state index in [1.165, 1.54) is 25.3 Å². The maximum absolute atomic E-state index is 13.6. The fraction of sp³-hybridized carbons (Fsp3) is 0.0714. The van der Waals surface area contributed by atoms with Crippen molar-refractivity contribution in [2.45, 2.75) is 0 Å². The lowest BCUT2D eigenvalue weighted by Gasteiger charge is -2.09. The van der Waals surface area contributed by atoms with Crippen LogP contribution in [0.2, 0.25) is 5.02 Å². The molecule has 0 aliphatic rings. The van der Waals surface area contributed by atoms with Crippen molar-refractivity contribution in [2.24, 2.45) is 0 Å². The van der Waals surface area contributed by atoms with Crippen LogP contribution in [0.1, 0.15) is 10.4 Å². The van der Waals surface area contributed by atoms with Crippen LogP contribution >= 0.6 is 11.6 Å². The number of hydrogen-bond donors (Lipinski definition) is 2. The summed E-state index contributed by atoms with van der Waals surface area (Å²) in [5, 5.41) is 2.90. The number of nitrogen functional groups attached to an aromatic ring is 1. The van der Waals surface area contributed by atoms with E-state index in [2.05, 4.69) is 5.32 Å². The highest BCUT2D eigenvalue weighted by molar-refractivity contribution is 6.32. The van der Waals surface area contributed by atoms with Gasteiger partial charge in [0.05, 0.1) is 17.7 Å². The number of benzene rings is 2. The minimum Gasteiger partial charge on any atom is -0.495 e. The van der Waals surface area contributed by atoms with E-state index in [1.54, 1.807) is 12.1 Å². The molecule has 0 heterocycles. The number of halogens is 2. The molecule has 0 spiro atoms. The predicted octanol–water partition coefficient (Wildman–Crippen LogP) is 3.32. The van der Waals surface area contributed by atoms with E-state index in [9.17, 15) is 9.18 Å². The molecule has 6 heteroatoms. The normalized spacial score (nSPS) is 10.2. The van der Waals surface area contributed by atoms with Gasteiger partial charge < -0.3 is 15.8 Å². The molecule has 0 aliphatic carbocycles. The molecular formula is C14H12ClFN2O2. The Morgan fingerprint density at radius 1 is 1.30 bits per heavy atom. The largest absolute Gasteiger partial charge is 0.495 e. The summed E-state index contributed by atoms with van der Waals surface area (Å²) in [6.07, 6.45) is 0. The van der Waals surface area contributed by atoms with E-state index >= 15 is 0 Å². The van der Waals surface area contributed by atoms with Crippen molar-refractivity contribution in [1.29, 1.82) is 0 Å². The number of nitrogens with one attached hydrogen (secondary N) is 1. The first-order valence-electron chi connectivity index (χ1n) is 5.71. The third-order valence-electron chi connectivity index (χ3n) is 2.65. The minimum absolute atomic E-state index is 0.0915. The van der Waals surface area contributed by atoms with E-state index in [-0.39, 0.29) is 11.3 Å². The van der Waals surface area contributed by atoms with Gasteiger partial charge in [0.15, 0.2) is 0 Å². The Morgan fingerprint density at radius 3 is 2.65 bits per heavy atom. The van der Waals surface area contributed by atoms with Gasteiger partial charge in [-0.15, -0.1) is 0 Å². The van der Waals surface area contributed by atoms with Crippen LogP contribution in [0.5, 0.6) is 5.75 Å². The quantitative estimate of drug-likeness (QED) is 0.854. The van der Waals surface area contributed by atoms with Gasteiger partial charge in [0.1, 0.15) is 11.6 Å². The van der Waals surface area contributed by atoms with Crippen molar-refractivity contribution in [3.63, 3.8) is 0 Å². The monoisotopic (exact) mass is 294 g/mol. The Labute approximate surface area is 120 Å². The molecular weight excluding hydrogens is 283 g/mol. The topological polar surface area (TPSA) is 64.3 Å². The number of rotatable bonds is 3. The van der Waals surface area contributed by atoms with Gasteiger partial charge in [-0.1, -0.05) is 11.6 Å². The fourth-order valence-electron chi connectivity index (χ4n) is 1.66. The molecule has 2 aromatic carbocycles. The van der Waals surface area contributed by atoms with Crippen LogP contribution in [0.25, 0.3) is 0 Å². The fourth-order valence-corrected chi connectivity index (χ4v) is 1.92. The van der Waals surface area contributed by atoms with Crippen LogP contribution in [-0.4, -0.2) is 13.0 Å². The molecule has 0 atom stereocenters. The molecule has 0 bridgehead atoms. The number of anilines is 2. The zero-order valence-electron chi connectivity index (χ0n) is 10.6. The molecule has 0 radical (unpaired) electrons. The zero-order chi connectivity index (χ0) is 14.7. The summed E-state index contributed by atoms with van der Waals surface area (Å²) in [7, 11) is 1.49. The first-order valence-corrected chi connectivity index (χ1v) is 6.09. The van der Waals surface area contributed by atoms with E-state index in [0.717, 1.165) is 6.07 Å². The van der Waals surface area contributed by atoms with Gasteiger partial charge in [0.25, 0.3) is 5.91 Å². The van der Waals surface area contributed by atoms with Crippen molar-refractivity contribution >= 4 is 28.9 Å². The Hall–Kier alpha value is -2.27. The van der Waals surface area contributed by atoms with Gasteiger partial charge in [-0.3, -0.25) is 4.79 Å². The van der Waals surface area contributed by atoms with Crippen molar-refractivity contribution < 1.29 is 13.9 Å². The Balaban J connectivity index is 2.21. The molecule has 2 rings (SSSR count). The number of carbonyl (C=O) groups is 1. The first-order chi connectivity index (χ1) is 9.51. The summed E-state index contributed by atoms with van der Waals surface area (Å²) >= 11 is 5.94. The third kappa shape index (κ3) is 3.00. The second kappa shape index (κ2) is 5.79. The summed E-state index contributed by atoms with van der Waals surface area (Å²) in [5.74, 6) is -0.769. The van der Waals surface area contributed by atoms with Crippen molar-refractivity contribution in [3.8, 4) is 5.75 Å². The third-order valence-corrected chi connectivity index (χ3v) is 2.94. The average molecular weight is 295 g/mol. The molecule has 4 nitrogen and oxygen atoms in total. The second-order valence-electron chi connectivity index (χ2n) is 4.04. The van der Waals surface area contributed by atoms with Crippen molar-refractivity contribution in [2.75, 3.05) is 18.2 Å². The summed E-state index contributed by atoms with van der Waals surface area (Å²) in [5.41, 5.74) is 6.04. The Bertz CT molecular complexity index is 662. The molecule has 0 aliphatic heterocycles. The van der Waals surface area contributed by atoms with Crippen LogP contribution in [-0.2, 0) is 0 Å². The first kappa shape index (κ1) is 14.1. The van der Waals surface area contributed by atoms with Crippen molar-refractivity contribution in [1.82, 2.24) is 0 Å². The summed E-state index contributed by atoms with van der Waals surface area (Å²) in [6, 6.07) is 8.61. The highest BCUT2D eigenvalue weighted by Crippen LogP contribution is 2.27. The maximum atomic E-state index is 13.6. The van der Waals surface area contributed by atoms with Crippen LogP contribution in [0.15, 0.2) is 36.4 Å². The standard InChI is InChI=1S/C14H12ClFN2O2/c1-20-13-5-3-9(7-11(13)15)18-14(19)10-4-2-8(17)6-12(10)16/h2-7H,17H2,1H3,(H,18,19). The van der Waals surface area contributed by atoms with Crippen LogP contribution in [0.4, 0.5) is 15.8 Å². The minimum atomic E-state index is -0.679. The van der Waals surface area contributed by atoms with E-state index in [1.807, 2.05) is 0 Å². The molecule has 0 saturated heterocycles. The van der Waals surface area contributed by atoms with Gasteiger partial charge in [-0.25, -0.2) is 4.39 Å². The van der Waals surface area contributed by atoms with Gasteiger partial charge in [-0.05, 0) is 36.4 Å². The van der Waals surface area contributed by atoms with Gasteiger partial charge in [0.2, 0.25) is 0 Å². The summed E-state index contributed by atoms with van der Waals surface area (Å²) in [4.78, 5) is 11.9. The smallest absolute Gasteiger partial charge is 0.258 e. The second-order valence-corrected chi connectivity index (χ2v) is 4.45. The van der Waals surface area contributed by atoms with Gasteiger partial charge in [-0.2, -0.15) is 0 Å². The lowest BCUT2D eigenvalue weighted by Crippen LogP contribution is -2.14. The Morgan fingerprint density at radius 2 is 2.05 bits per heavy atom. The number of hydrogen-bond acceptors (Lipinski definition) is 3. The van der Waals surface area contributed by atoms with E-state index in [0.29, 0.717) is 16.5 Å². The van der Waals surface area contributed by atoms with E-state index < -0.39 is 11.7 Å². The highest BCUT2D eigenvalue weighted by atomic mass is 35.5.